The quantitative estimate of drug-likeness (QED) is 0.888. The third-order valence-electron chi connectivity index (χ3n) is 3.71. The minimum Gasteiger partial charge on any atom is -0.330 e. The summed E-state index contributed by atoms with van der Waals surface area (Å²) in [5, 5.41) is 0.821. The molecule has 0 aromatic heterocycles. The van der Waals surface area contributed by atoms with Gasteiger partial charge in [0.05, 0.1) is 0 Å². The molecule has 1 fully saturated rings. The summed E-state index contributed by atoms with van der Waals surface area (Å²) in [5.41, 5.74) is 7.22. The molecule has 1 aromatic rings. The highest BCUT2D eigenvalue weighted by Gasteiger charge is 2.15. The van der Waals surface area contributed by atoms with E-state index in [9.17, 15) is 0 Å². The Kier molecular flexibility index (Phi) is 5.48. The van der Waals surface area contributed by atoms with Gasteiger partial charge in [0.25, 0.3) is 0 Å². The van der Waals surface area contributed by atoms with Gasteiger partial charge in [-0.05, 0) is 62.5 Å². The molecule has 1 saturated heterocycles. The molecular formula is C15H23ClN2. The Hall–Kier alpha value is -0.570. The van der Waals surface area contributed by atoms with Crippen molar-refractivity contribution in [1.29, 1.82) is 0 Å². The Balaban J connectivity index is 1.88. The molecule has 0 amide bonds. The lowest BCUT2D eigenvalue weighted by Crippen LogP contribution is -2.37. The zero-order valence-corrected chi connectivity index (χ0v) is 11.7. The van der Waals surface area contributed by atoms with E-state index in [1.54, 1.807) is 0 Å². The van der Waals surface area contributed by atoms with Crippen molar-refractivity contribution in [2.75, 3.05) is 26.2 Å². The van der Waals surface area contributed by atoms with Gasteiger partial charge in [-0.2, -0.15) is 0 Å². The van der Waals surface area contributed by atoms with Crippen molar-refractivity contribution in [1.82, 2.24) is 4.90 Å². The third kappa shape index (κ3) is 4.27. The number of piperidine rings is 1. The summed E-state index contributed by atoms with van der Waals surface area (Å²) in [4.78, 5) is 2.56. The molecule has 2 rings (SSSR count). The minimum atomic E-state index is 0.543. The molecule has 2 nitrogen and oxygen atoms in total. The Morgan fingerprint density at radius 2 is 2.00 bits per heavy atom. The van der Waals surface area contributed by atoms with Gasteiger partial charge in [-0.15, -0.1) is 0 Å². The number of rotatable bonds is 5. The second-order valence-corrected chi connectivity index (χ2v) is 5.73. The van der Waals surface area contributed by atoms with Gasteiger partial charge in [0.2, 0.25) is 0 Å². The molecule has 1 heterocycles. The lowest BCUT2D eigenvalue weighted by molar-refractivity contribution is 0.196. The molecule has 1 unspecified atom stereocenters. The van der Waals surface area contributed by atoms with Gasteiger partial charge in [-0.25, -0.2) is 0 Å². The third-order valence-corrected chi connectivity index (χ3v) is 3.95. The van der Waals surface area contributed by atoms with Crippen LogP contribution in [0.3, 0.4) is 0 Å². The molecule has 0 aliphatic carbocycles. The first kappa shape index (κ1) is 13.9. The molecule has 0 radical (unpaired) electrons. The number of nitrogens with two attached hydrogens (primary N) is 1. The fraction of sp³-hybridized carbons (Fsp3) is 0.600. The van der Waals surface area contributed by atoms with Gasteiger partial charge in [-0.3, -0.25) is 0 Å². The summed E-state index contributed by atoms with van der Waals surface area (Å²) in [6.45, 7) is 4.37. The molecule has 1 atom stereocenters. The number of nitrogens with zero attached hydrogens (tertiary/aromatic N) is 1. The lowest BCUT2D eigenvalue weighted by Gasteiger charge is -2.30. The van der Waals surface area contributed by atoms with Crippen LogP contribution in [0.2, 0.25) is 5.02 Å². The van der Waals surface area contributed by atoms with E-state index in [-0.39, 0.29) is 0 Å². The van der Waals surface area contributed by atoms with Crippen LogP contribution in [-0.2, 0) is 6.42 Å². The van der Waals surface area contributed by atoms with E-state index in [0.29, 0.717) is 5.92 Å². The number of hydrogen-bond donors (Lipinski definition) is 1. The van der Waals surface area contributed by atoms with E-state index in [4.69, 9.17) is 17.3 Å². The Morgan fingerprint density at radius 3 is 2.67 bits per heavy atom. The van der Waals surface area contributed by atoms with Gasteiger partial charge in [0, 0.05) is 11.6 Å². The first-order valence-electron chi connectivity index (χ1n) is 6.95. The smallest absolute Gasteiger partial charge is 0.0408 e. The summed E-state index contributed by atoms with van der Waals surface area (Å²) in [7, 11) is 0. The predicted octanol–water partition coefficient (Wildman–Crippen LogP) is 2.94. The monoisotopic (exact) mass is 266 g/mol. The summed E-state index contributed by atoms with van der Waals surface area (Å²) in [6.07, 6.45) is 5.11. The minimum absolute atomic E-state index is 0.543. The van der Waals surface area contributed by atoms with Crippen molar-refractivity contribution < 1.29 is 0 Å². The molecule has 0 saturated carbocycles. The van der Waals surface area contributed by atoms with Crippen LogP contribution in [0.5, 0.6) is 0 Å². The van der Waals surface area contributed by atoms with Crippen molar-refractivity contribution >= 4 is 11.6 Å². The SMILES string of the molecule is NCC(Cc1cccc(Cl)c1)CN1CCCCC1. The Bertz CT molecular complexity index is 361. The van der Waals surface area contributed by atoms with E-state index in [2.05, 4.69) is 17.0 Å². The van der Waals surface area contributed by atoms with Gasteiger partial charge in [0.15, 0.2) is 0 Å². The maximum absolute atomic E-state index is 6.02. The van der Waals surface area contributed by atoms with Crippen molar-refractivity contribution in [2.24, 2.45) is 11.7 Å². The molecule has 0 spiro atoms. The second kappa shape index (κ2) is 7.13. The number of halogens is 1. The number of hydrogen-bond acceptors (Lipinski definition) is 2. The fourth-order valence-corrected chi connectivity index (χ4v) is 2.94. The number of likely N-dealkylation sites (tertiary alicyclic amines) is 1. The van der Waals surface area contributed by atoms with Gasteiger partial charge < -0.3 is 10.6 Å². The van der Waals surface area contributed by atoms with Crippen LogP contribution in [0.4, 0.5) is 0 Å². The summed E-state index contributed by atoms with van der Waals surface area (Å²) >= 11 is 6.02. The maximum atomic E-state index is 6.02. The van der Waals surface area contributed by atoms with E-state index >= 15 is 0 Å². The van der Waals surface area contributed by atoms with Crippen LogP contribution in [0.15, 0.2) is 24.3 Å². The first-order valence-corrected chi connectivity index (χ1v) is 7.32. The normalized spacial score (nSPS) is 18.8. The summed E-state index contributed by atoms with van der Waals surface area (Å²) in [6, 6.07) is 8.14. The van der Waals surface area contributed by atoms with Gasteiger partial charge >= 0.3 is 0 Å². The number of benzene rings is 1. The van der Waals surface area contributed by atoms with Crippen LogP contribution in [0.25, 0.3) is 0 Å². The zero-order valence-electron chi connectivity index (χ0n) is 10.9. The second-order valence-electron chi connectivity index (χ2n) is 5.30. The van der Waals surface area contributed by atoms with Crippen molar-refractivity contribution in [2.45, 2.75) is 25.7 Å². The van der Waals surface area contributed by atoms with Crippen molar-refractivity contribution in [3.8, 4) is 0 Å². The molecule has 0 bridgehead atoms. The lowest BCUT2D eigenvalue weighted by atomic mass is 9.98. The van der Waals surface area contributed by atoms with Crippen LogP contribution in [0, 0.1) is 5.92 Å². The van der Waals surface area contributed by atoms with E-state index in [1.807, 2.05) is 12.1 Å². The maximum Gasteiger partial charge on any atom is 0.0408 e. The predicted molar refractivity (Wildman–Crippen MR) is 78.0 cm³/mol. The van der Waals surface area contributed by atoms with Crippen LogP contribution in [0.1, 0.15) is 24.8 Å². The Labute approximate surface area is 115 Å². The summed E-state index contributed by atoms with van der Waals surface area (Å²) in [5.74, 6) is 0.543. The van der Waals surface area contributed by atoms with E-state index in [1.165, 1.54) is 37.9 Å². The highest BCUT2D eigenvalue weighted by molar-refractivity contribution is 6.30. The molecule has 18 heavy (non-hydrogen) atoms. The summed E-state index contributed by atoms with van der Waals surface area (Å²) < 4.78 is 0. The van der Waals surface area contributed by atoms with E-state index in [0.717, 1.165) is 24.5 Å². The van der Waals surface area contributed by atoms with Crippen molar-refractivity contribution in [3.05, 3.63) is 34.9 Å². The molecular weight excluding hydrogens is 244 g/mol. The molecule has 1 aliphatic heterocycles. The standard InChI is InChI=1S/C15H23ClN2/c16-15-6-4-5-13(10-15)9-14(11-17)12-18-7-2-1-3-8-18/h4-6,10,14H,1-3,7-9,11-12,17H2. The average molecular weight is 267 g/mol. The van der Waals surface area contributed by atoms with Gasteiger partial charge in [0.1, 0.15) is 0 Å². The molecule has 1 aromatic carbocycles. The van der Waals surface area contributed by atoms with Gasteiger partial charge in [-0.1, -0.05) is 30.2 Å². The molecule has 2 N–H and O–H groups in total. The largest absolute Gasteiger partial charge is 0.330 e. The zero-order chi connectivity index (χ0) is 12.8. The highest BCUT2D eigenvalue weighted by Crippen LogP contribution is 2.16. The van der Waals surface area contributed by atoms with Crippen molar-refractivity contribution in [3.63, 3.8) is 0 Å². The first-order chi connectivity index (χ1) is 8.78. The molecule has 3 heteroatoms. The van der Waals surface area contributed by atoms with Crippen LogP contribution >= 0.6 is 11.6 Å². The van der Waals surface area contributed by atoms with Crippen LogP contribution in [-0.4, -0.2) is 31.1 Å². The molecule has 1 aliphatic rings. The Morgan fingerprint density at radius 1 is 1.22 bits per heavy atom. The van der Waals surface area contributed by atoms with E-state index < -0.39 is 0 Å². The fourth-order valence-electron chi connectivity index (χ4n) is 2.73. The highest BCUT2D eigenvalue weighted by atomic mass is 35.5. The topological polar surface area (TPSA) is 29.3 Å². The molecule has 100 valence electrons. The van der Waals surface area contributed by atoms with Crippen LogP contribution < -0.4 is 5.73 Å². The average Bonchev–Trinajstić information content (AvgIpc) is 2.39.